The van der Waals surface area contributed by atoms with E-state index in [9.17, 15) is 4.79 Å². The van der Waals surface area contributed by atoms with Crippen LogP contribution in [0, 0.1) is 0 Å². The van der Waals surface area contributed by atoms with Gasteiger partial charge in [-0.05, 0) is 42.3 Å². The van der Waals surface area contributed by atoms with Crippen LogP contribution in [0.25, 0.3) is 0 Å². The molecule has 0 saturated carbocycles. The van der Waals surface area contributed by atoms with Crippen LogP contribution in [0.15, 0.2) is 48.5 Å². The highest BCUT2D eigenvalue weighted by Gasteiger charge is 2.22. The summed E-state index contributed by atoms with van der Waals surface area (Å²) in [4.78, 5) is 15.8. The molecule has 0 radical (unpaired) electrons. The molecule has 6 heteroatoms. The Morgan fingerprint density at radius 1 is 1.04 bits per heavy atom. The second kappa shape index (κ2) is 9.26. The fourth-order valence-corrected chi connectivity index (χ4v) is 3.53. The minimum atomic E-state index is 0.116. The van der Waals surface area contributed by atoms with E-state index in [1.54, 1.807) is 0 Å². The Hall–Kier alpha value is -1.75. The van der Waals surface area contributed by atoms with Crippen LogP contribution in [0.4, 0.5) is 5.69 Å². The Kier molecular flexibility index (Phi) is 6.78. The Morgan fingerprint density at radius 2 is 1.77 bits per heavy atom. The molecule has 2 aromatic carbocycles. The van der Waals surface area contributed by atoms with E-state index in [2.05, 4.69) is 16.3 Å². The molecule has 0 spiro atoms. The minimum Gasteiger partial charge on any atom is -0.360 e. The van der Waals surface area contributed by atoms with Gasteiger partial charge in [-0.2, -0.15) is 0 Å². The van der Waals surface area contributed by atoms with Gasteiger partial charge in [-0.3, -0.25) is 4.79 Å². The molecule has 0 aliphatic carbocycles. The highest BCUT2D eigenvalue weighted by atomic mass is 35.5. The van der Waals surface area contributed by atoms with E-state index in [0.29, 0.717) is 13.1 Å². The van der Waals surface area contributed by atoms with Crippen molar-refractivity contribution in [2.45, 2.75) is 6.42 Å². The number of amides is 1. The van der Waals surface area contributed by atoms with Crippen LogP contribution in [-0.4, -0.2) is 45.2 Å². The SMILES string of the molecule is O=C(C[NH+]1CCN(c2cccc(Cl)c2)CC1)NCCc1ccc(Cl)cc1. The number of nitrogens with one attached hydrogen (secondary N) is 2. The number of hydrogen-bond acceptors (Lipinski definition) is 2. The van der Waals surface area contributed by atoms with Crippen LogP contribution in [0.1, 0.15) is 5.56 Å². The number of piperazine rings is 1. The fraction of sp³-hybridized carbons (Fsp3) is 0.350. The number of benzene rings is 2. The lowest BCUT2D eigenvalue weighted by Crippen LogP contribution is -3.16. The summed E-state index contributed by atoms with van der Waals surface area (Å²) < 4.78 is 0. The molecule has 1 fully saturated rings. The minimum absolute atomic E-state index is 0.116. The molecule has 1 saturated heterocycles. The van der Waals surface area contributed by atoms with E-state index in [-0.39, 0.29) is 5.91 Å². The lowest BCUT2D eigenvalue weighted by atomic mass is 10.1. The lowest BCUT2D eigenvalue weighted by Gasteiger charge is -2.33. The van der Waals surface area contributed by atoms with Crippen molar-refractivity contribution < 1.29 is 9.69 Å². The average Bonchev–Trinajstić information content (AvgIpc) is 2.64. The molecule has 1 aliphatic rings. The monoisotopic (exact) mass is 392 g/mol. The van der Waals surface area contributed by atoms with Crippen LogP contribution < -0.4 is 15.1 Å². The number of hydrogen-bond donors (Lipinski definition) is 2. The summed E-state index contributed by atoms with van der Waals surface area (Å²) in [6.45, 7) is 4.97. The molecule has 1 amide bonds. The van der Waals surface area contributed by atoms with Crippen molar-refractivity contribution in [3.63, 3.8) is 0 Å². The molecule has 0 bridgehead atoms. The smallest absolute Gasteiger partial charge is 0.275 e. The van der Waals surface area contributed by atoms with Crippen molar-refractivity contribution in [1.29, 1.82) is 0 Å². The van der Waals surface area contributed by atoms with E-state index in [0.717, 1.165) is 48.3 Å². The number of anilines is 1. The Morgan fingerprint density at radius 3 is 2.46 bits per heavy atom. The molecule has 0 aromatic heterocycles. The zero-order valence-electron chi connectivity index (χ0n) is 14.7. The predicted molar refractivity (Wildman–Crippen MR) is 107 cm³/mol. The van der Waals surface area contributed by atoms with Gasteiger partial charge in [0.25, 0.3) is 5.91 Å². The first-order valence-electron chi connectivity index (χ1n) is 8.95. The summed E-state index contributed by atoms with van der Waals surface area (Å²) in [6, 6.07) is 15.7. The highest BCUT2D eigenvalue weighted by Crippen LogP contribution is 2.19. The first-order chi connectivity index (χ1) is 12.6. The molecule has 0 atom stereocenters. The molecule has 1 aliphatic heterocycles. The van der Waals surface area contributed by atoms with Crippen molar-refractivity contribution in [3.8, 4) is 0 Å². The van der Waals surface area contributed by atoms with E-state index in [1.165, 1.54) is 10.5 Å². The maximum atomic E-state index is 12.2. The summed E-state index contributed by atoms with van der Waals surface area (Å²) in [7, 11) is 0. The van der Waals surface area contributed by atoms with Gasteiger partial charge in [-0.15, -0.1) is 0 Å². The van der Waals surface area contributed by atoms with E-state index in [4.69, 9.17) is 23.2 Å². The number of nitrogens with zero attached hydrogens (tertiary/aromatic N) is 1. The molecule has 3 rings (SSSR count). The van der Waals surface area contributed by atoms with E-state index >= 15 is 0 Å². The van der Waals surface area contributed by atoms with Crippen LogP contribution in [0.2, 0.25) is 10.0 Å². The first-order valence-corrected chi connectivity index (χ1v) is 9.71. The first kappa shape index (κ1) is 19.0. The molecule has 4 nitrogen and oxygen atoms in total. The molecule has 2 N–H and O–H groups in total. The van der Waals surface area contributed by atoms with Crippen LogP contribution in [-0.2, 0) is 11.2 Å². The summed E-state index contributed by atoms with van der Waals surface area (Å²) in [5.74, 6) is 0.116. The van der Waals surface area contributed by atoms with Gasteiger partial charge in [0.1, 0.15) is 0 Å². The maximum Gasteiger partial charge on any atom is 0.275 e. The number of quaternary nitrogens is 1. The topological polar surface area (TPSA) is 36.8 Å². The second-order valence-electron chi connectivity index (χ2n) is 6.62. The Labute approximate surface area is 164 Å². The standard InChI is InChI=1S/C20H23Cl2N3O/c21-17-6-4-16(5-7-17)8-9-23-20(26)15-24-10-12-25(13-11-24)19-3-1-2-18(22)14-19/h1-7,14H,8-13,15H2,(H,23,26)/p+1. The van der Waals surface area contributed by atoms with Crippen LogP contribution >= 0.6 is 23.2 Å². The van der Waals surface area contributed by atoms with Gasteiger partial charge in [-0.1, -0.05) is 41.4 Å². The van der Waals surface area contributed by atoms with Gasteiger partial charge >= 0.3 is 0 Å². The summed E-state index contributed by atoms with van der Waals surface area (Å²) in [5, 5.41) is 4.52. The maximum absolute atomic E-state index is 12.2. The fourth-order valence-electron chi connectivity index (χ4n) is 3.22. The number of carbonyl (C=O) groups is 1. The largest absolute Gasteiger partial charge is 0.360 e. The number of carbonyl (C=O) groups excluding carboxylic acids is 1. The van der Waals surface area contributed by atoms with Crippen molar-refractivity contribution in [3.05, 3.63) is 64.1 Å². The molecular formula is C20H24Cl2N3O+. The number of rotatable bonds is 6. The quantitative estimate of drug-likeness (QED) is 0.789. The van der Waals surface area contributed by atoms with Gasteiger partial charge in [0, 0.05) is 22.3 Å². The normalized spacial score (nSPS) is 15.1. The zero-order valence-corrected chi connectivity index (χ0v) is 16.2. The van der Waals surface area contributed by atoms with Gasteiger partial charge in [-0.25, -0.2) is 0 Å². The summed E-state index contributed by atoms with van der Waals surface area (Å²) in [6.07, 6.45) is 0.820. The number of halogens is 2. The molecule has 26 heavy (non-hydrogen) atoms. The van der Waals surface area contributed by atoms with E-state index in [1.807, 2.05) is 42.5 Å². The van der Waals surface area contributed by atoms with E-state index < -0.39 is 0 Å². The molecule has 0 unspecified atom stereocenters. The lowest BCUT2D eigenvalue weighted by molar-refractivity contribution is -0.892. The third-order valence-electron chi connectivity index (χ3n) is 4.70. The summed E-state index contributed by atoms with van der Waals surface area (Å²) in [5.41, 5.74) is 2.33. The second-order valence-corrected chi connectivity index (χ2v) is 7.49. The van der Waals surface area contributed by atoms with Crippen LogP contribution in [0.3, 0.4) is 0 Å². The average molecular weight is 393 g/mol. The highest BCUT2D eigenvalue weighted by molar-refractivity contribution is 6.31. The summed E-state index contributed by atoms with van der Waals surface area (Å²) >= 11 is 11.9. The van der Waals surface area contributed by atoms with Crippen LogP contribution in [0.5, 0.6) is 0 Å². The van der Waals surface area contributed by atoms with Gasteiger partial charge in [0.2, 0.25) is 0 Å². The van der Waals surface area contributed by atoms with Gasteiger partial charge in [0.05, 0.1) is 26.2 Å². The predicted octanol–water partition coefficient (Wildman–Crippen LogP) is 2.06. The molecular weight excluding hydrogens is 369 g/mol. The molecule has 138 valence electrons. The zero-order chi connectivity index (χ0) is 18.4. The van der Waals surface area contributed by atoms with Gasteiger partial charge in [0.15, 0.2) is 6.54 Å². The third kappa shape index (κ3) is 5.63. The Bertz CT molecular complexity index is 728. The van der Waals surface area contributed by atoms with Gasteiger partial charge < -0.3 is 15.1 Å². The van der Waals surface area contributed by atoms with Crippen molar-refractivity contribution in [2.75, 3.05) is 44.2 Å². The molecule has 2 aromatic rings. The van der Waals surface area contributed by atoms with Crippen molar-refractivity contribution >= 4 is 34.8 Å². The third-order valence-corrected chi connectivity index (χ3v) is 5.19. The van der Waals surface area contributed by atoms with Crippen molar-refractivity contribution in [1.82, 2.24) is 5.32 Å². The van der Waals surface area contributed by atoms with Crippen molar-refractivity contribution in [2.24, 2.45) is 0 Å². The Balaban J connectivity index is 1.37. The molecule has 1 heterocycles.